The van der Waals surface area contributed by atoms with Crippen LogP contribution in [-0.4, -0.2) is 30.5 Å². The van der Waals surface area contributed by atoms with E-state index in [9.17, 15) is 19.7 Å². The fourth-order valence-electron chi connectivity index (χ4n) is 3.97. The Bertz CT molecular complexity index is 1210. The van der Waals surface area contributed by atoms with Crippen LogP contribution in [0.1, 0.15) is 21.5 Å². The van der Waals surface area contributed by atoms with Crippen molar-refractivity contribution in [3.05, 3.63) is 93.5 Å². The van der Waals surface area contributed by atoms with E-state index in [0.29, 0.717) is 30.9 Å². The molecule has 168 valence electrons. The Morgan fingerprint density at radius 1 is 1.00 bits per heavy atom. The Labute approximate surface area is 190 Å². The van der Waals surface area contributed by atoms with Crippen molar-refractivity contribution in [2.24, 2.45) is 0 Å². The van der Waals surface area contributed by atoms with Crippen LogP contribution < -0.4 is 20.9 Å². The quantitative estimate of drug-likeness (QED) is 0.403. The number of hydrogen-bond donors (Lipinski definition) is 3. The molecule has 33 heavy (non-hydrogen) atoms. The van der Waals surface area contributed by atoms with Crippen molar-refractivity contribution < 1.29 is 14.5 Å². The van der Waals surface area contributed by atoms with E-state index >= 15 is 0 Å². The van der Waals surface area contributed by atoms with Gasteiger partial charge in [-0.15, -0.1) is 0 Å². The molecule has 0 unspecified atom stereocenters. The molecule has 0 saturated carbocycles. The molecule has 1 heterocycles. The number of fused-ring (bicyclic) bond motifs is 1. The third-order valence-electron chi connectivity index (χ3n) is 5.55. The van der Waals surface area contributed by atoms with Gasteiger partial charge in [0.1, 0.15) is 0 Å². The lowest BCUT2D eigenvalue weighted by atomic mass is 9.96. The number of nitro benzene ring substituents is 1. The molecule has 3 aromatic carbocycles. The Balaban J connectivity index is 1.56. The minimum Gasteiger partial charge on any atom is -0.366 e. The van der Waals surface area contributed by atoms with E-state index in [1.807, 2.05) is 53.4 Å². The standard InChI is InChI=1S/C24H23N5O4/c1-25-23(30)20-14-18(29(32)33)10-11-22(20)28-13-12-19-16(15-28)6-5-9-21(19)27-24(31)26-17-7-3-2-4-8-17/h2-11,14H,12-13,15H2,1H3,(H,25,30)(H2,26,27,31). The number of nitro groups is 1. The Morgan fingerprint density at radius 2 is 1.79 bits per heavy atom. The smallest absolute Gasteiger partial charge is 0.323 e. The Morgan fingerprint density at radius 3 is 2.52 bits per heavy atom. The molecule has 0 aromatic heterocycles. The number of amides is 3. The van der Waals surface area contributed by atoms with Gasteiger partial charge in [0, 0.05) is 43.6 Å². The zero-order valence-electron chi connectivity index (χ0n) is 18.0. The van der Waals surface area contributed by atoms with Gasteiger partial charge in [-0.1, -0.05) is 30.3 Å². The first kappa shape index (κ1) is 21.8. The molecular formula is C24H23N5O4. The van der Waals surface area contributed by atoms with Crippen LogP contribution in [0.5, 0.6) is 0 Å². The van der Waals surface area contributed by atoms with Gasteiger partial charge < -0.3 is 20.9 Å². The maximum atomic E-state index is 12.5. The van der Waals surface area contributed by atoms with Gasteiger partial charge in [-0.2, -0.15) is 0 Å². The number of hydrogen-bond acceptors (Lipinski definition) is 5. The molecule has 3 N–H and O–H groups in total. The first-order chi connectivity index (χ1) is 16.0. The summed E-state index contributed by atoms with van der Waals surface area (Å²) < 4.78 is 0. The third kappa shape index (κ3) is 4.77. The van der Waals surface area contributed by atoms with Crippen LogP contribution >= 0.6 is 0 Å². The first-order valence-electron chi connectivity index (χ1n) is 10.5. The molecule has 0 fully saturated rings. The lowest BCUT2D eigenvalue weighted by Crippen LogP contribution is -2.33. The second-order valence-corrected chi connectivity index (χ2v) is 7.60. The van der Waals surface area contributed by atoms with Crippen LogP contribution in [0.25, 0.3) is 0 Å². The van der Waals surface area contributed by atoms with Crippen molar-refractivity contribution in [1.29, 1.82) is 0 Å². The molecule has 1 aliphatic rings. The Kier molecular flexibility index (Phi) is 6.21. The number of carbonyl (C=O) groups excluding carboxylic acids is 2. The number of rotatable bonds is 5. The van der Waals surface area contributed by atoms with E-state index in [1.54, 1.807) is 6.07 Å². The fraction of sp³-hybridized carbons (Fsp3) is 0.167. The molecule has 0 saturated heterocycles. The predicted molar refractivity (Wildman–Crippen MR) is 127 cm³/mol. The summed E-state index contributed by atoms with van der Waals surface area (Å²) in [6, 6.07) is 18.9. The number of anilines is 3. The lowest BCUT2D eigenvalue weighted by Gasteiger charge is -2.33. The highest BCUT2D eigenvalue weighted by molar-refractivity contribution is 6.01. The van der Waals surface area contributed by atoms with Gasteiger partial charge >= 0.3 is 6.03 Å². The van der Waals surface area contributed by atoms with Gasteiger partial charge in [-0.05, 0) is 41.8 Å². The number of carbonyl (C=O) groups is 2. The monoisotopic (exact) mass is 445 g/mol. The van der Waals surface area contributed by atoms with E-state index in [2.05, 4.69) is 16.0 Å². The van der Waals surface area contributed by atoms with Crippen LogP contribution in [0, 0.1) is 10.1 Å². The molecule has 0 radical (unpaired) electrons. The highest BCUT2D eigenvalue weighted by atomic mass is 16.6. The first-order valence-corrected chi connectivity index (χ1v) is 10.5. The van der Waals surface area contributed by atoms with Crippen LogP contribution in [0.15, 0.2) is 66.7 Å². The van der Waals surface area contributed by atoms with Crippen molar-refractivity contribution in [1.82, 2.24) is 5.32 Å². The number of urea groups is 1. The molecule has 1 aliphatic heterocycles. The molecular weight excluding hydrogens is 422 g/mol. The highest BCUT2D eigenvalue weighted by Gasteiger charge is 2.24. The lowest BCUT2D eigenvalue weighted by molar-refractivity contribution is -0.384. The number of non-ortho nitro benzene ring substituents is 1. The number of benzene rings is 3. The number of para-hydroxylation sites is 1. The molecule has 0 aliphatic carbocycles. The topological polar surface area (TPSA) is 117 Å². The molecule has 3 aromatic rings. The molecule has 0 atom stereocenters. The summed E-state index contributed by atoms with van der Waals surface area (Å²) in [7, 11) is 1.49. The summed E-state index contributed by atoms with van der Waals surface area (Å²) in [5.74, 6) is -0.382. The van der Waals surface area contributed by atoms with Crippen molar-refractivity contribution in [3.63, 3.8) is 0 Å². The zero-order valence-corrected chi connectivity index (χ0v) is 18.0. The zero-order chi connectivity index (χ0) is 23.4. The van der Waals surface area contributed by atoms with E-state index in [0.717, 1.165) is 16.8 Å². The maximum absolute atomic E-state index is 12.5. The van der Waals surface area contributed by atoms with Crippen molar-refractivity contribution in [2.45, 2.75) is 13.0 Å². The average molecular weight is 445 g/mol. The summed E-state index contributed by atoms with van der Waals surface area (Å²) in [5.41, 5.74) is 4.23. The minimum absolute atomic E-state index is 0.134. The van der Waals surface area contributed by atoms with Gasteiger partial charge in [0.15, 0.2) is 0 Å². The van der Waals surface area contributed by atoms with Crippen LogP contribution in [0.2, 0.25) is 0 Å². The van der Waals surface area contributed by atoms with Gasteiger partial charge in [0.2, 0.25) is 0 Å². The van der Waals surface area contributed by atoms with Gasteiger partial charge in [-0.25, -0.2) is 4.79 Å². The largest absolute Gasteiger partial charge is 0.366 e. The molecule has 9 nitrogen and oxygen atoms in total. The molecule has 9 heteroatoms. The van der Waals surface area contributed by atoms with Crippen LogP contribution in [0.4, 0.5) is 27.5 Å². The van der Waals surface area contributed by atoms with E-state index < -0.39 is 4.92 Å². The van der Waals surface area contributed by atoms with Crippen LogP contribution in [0.3, 0.4) is 0 Å². The summed E-state index contributed by atoms with van der Waals surface area (Å²) in [6.45, 7) is 1.10. The van der Waals surface area contributed by atoms with Gasteiger partial charge in [0.05, 0.1) is 16.2 Å². The SMILES string of the molecule is CNC(=O)c1cc([N+](=O)[O-])ccc1N1CCc2c(cccc2NC(=O)Nc2ccccc2)C1. The van der Waals surface area contributed by atoms with Crippen molar-refractivity contribution in [3.8, 4) is 0 Å². The van der Waals surface area contributed by atoms with Crippen LogP contribution in [-0.2, 0) is 13.0 Å². The normalized spacial score (nSPS) is 12.5. The van der Waals surface area contributed by atoms with E-state index in [1.165, 1.54) is 19.2 Å². The fourth-order valence-corrected chi connectivity index (χ4v) is 3.97. The summed E-state index contributed by atoms with van der Waals surface area (Å²) in [5, 5.41) is 19.5. The predicted octanol–water partition coefficient (Wildman–Crippen LogP) is 4.16. The van der Waals surface area contributed by atoms with Crippen molar-refractivity contribution >= 4 is 34.7 Å². The molecule has 4 rings (SSSR count). The average Bonchev–Trinajstić information content (AvgIpc) is 2.83. The molecule has 0 spiro atoms. The summed E-state index contributed by atoms with van der Waals surface area (Å²) >= 11 is 0. The summed E-state index contributed by atoms with van der Waals surface area (Å²) in [4.78, 5) is 37.6. The van der Waals surface area contributed by atoms with Crippen molar-refractivity contribution in [2.75, 3.05) is 29.1 Å². The van der Waals surface area contributed by atoms with Gasteiger partial charge in [-0.3, -0.25) is 14.9 Å². The second-order valence-electron chi connectivity index (χ2n) is 7.60. The highest BCUT2D eigenvalue weighted by Crippen LogP contribution is 2.32. The number of nitrogens with zero attached hydrogens (tertiary/aromatic N) is 2. The summed E-state index contributed by atoms with van der Waals surface area (Å²) in [6.07, 6.45) is 0.640. The number of nitrogens with one attached hydrogen (secondary N) is 3. The maximum Gasteiger partial charge on any atom is 0.323 e. The molecule has 0 bridgehead atoms. The van der Waals surface area contributed by atoms with E-state index in [4.69, 9.17) is 0 Å². The Hall–Kier alpha value is -4.40. The second kappa shape index (κ2) is 9.39. The van der Waals surface area contributed by atoms with Gasteiger partial charge in [0.25, 0.3) is 11.6 Å². The third-order valence-corrected chi connectivity index (χ3v) is 5.55. The molecule has 3 amide bonds. The van der Waals surface area contributed by atoms with E-state index in [-0.39, 0.29) is 23.2 Å². The minimum atomic E-state index is -0.514.